The van der Waals surface area contributed by atoms with Crippen LogP contribution >= 0.6 is 0 Å². The molecule has 7 aliphatic heterocycles. The minimum absolute atomic E-state index is 0.0324. The standard InChI is InChI=1S/C83H138N12O45/c1-35-55(105)61(111)67(117)78(134-35)128-29-23-84-46(96)16-11-41(73(123)85-24-30-129-79-68(118)62(112)56(106)36(2)135-79)91-48(98)18-13-43(75(125)87-26-32-131-81-70(120)64(114)58(108)38(4)137-81)93-50(100)20-15-45(77(127)89-28-34-133-83-72(122)66(116)60(110)40(6)139-83)94-51(101)19-14-44(76(126)88-27-33-132-82-71(121)65(115)59(109)39(5)138-82)92-49(99)17-12-42(74(124)86-25-31-130-80-69(119)63(113)57(107)37(3)136-80)90-47(97)9-7-8-10-54(104)140-95-52(102)21-22-53(95)103/h35-45,55-72,78-83,105-122H,7-34H2,1-6H3,(H,84,96)(H,85,123)(H,86,124)(H,87,125)(H,88,126)(H,89,127)(H,90,97)(H,91,98)(H,92,99)(H,93,100)(H,94,101)/t35-,36-,37-,38-,39-,40-,41-,42-,43-,44-,45-,55+,56+,57+,58+,59+,60+,61+,62+,63+,64+,65+,66+,67-,68-,69-,70-,71-,72-,78+,79+,80+,81+,82+,83+/m0/s1. The number of hydrogen-bond acceptors (Lipinski definition) is 45. The van der Waals surface area contributed by atoms with Crippen LogP contribution in [0.5, 0.6) is 0 Å². The molecule has 57 heteroatoms. The molecular formula is C83H138N12O45. The average Bonchev–Trinajstić information content (AvgIpc) is 1.12. The third-order valence-electron chi connectivity index (χ3n) is 23.8. The molecule has 57 nitrogen and oxygen atoms in total. The maximum atomic E-state index is 14.4. The molecule has 0 saturated carbocycles. The summed E-state index contributed by atoms with van der Waals surface area (Å²) >= 11 is 0. The lowest BCUT2D eigenvalue weighted by Crippen LogP contribution is -2.57. The van der Waals surface area contributed by atoms with E-state index in [0.29, 0.717) is 5.06 Å². The molecule has 140 heavy (non-hydrogen) atoms. The number of hydroxylamine groups is 2. The predicted octanol–water partition coefficient (Wildman–Crippen LogP) is -15.8. The molecule has 35 atom stereocenters. The zero-order chi connectivity index (χ0) is 104. The van der Waals surface area contributed by atoms with Gasteiger partial charge in [0.2, 0.25) is 65.0 Å². The number of amides is 13. The average molecular weight is 2020 g/mol. The van der Waals surface area contributed by atoms with Crippen molar-refractivity contribution in [3.8, 4) is 0 Å². The van der Waals surface area contributed by atoms with Crippen LogP contribution in [0.25, 0.3) is 0 Å². The van der Waals surface area contributed by atoms with Crippen LogP contribution in [0.1, 0.15) is 144 Å². The quantitative estimate of drug-likeness (QED) is 0.0199. The van der Waals surface area contributed by atoms with Crippen LogP contribution in [0.15, 0.2) is 0 Å². The SMILES string of the molecule is C[C@@H]1O[C@@H](OCCNC(=O)CC[C@H](NC(=O)CC[C@H](NC(=O)CC[C@H](NC(=O)CC[C@H](NC(=O)CC[C@H](NC(=O)CCCCC(=O)ON2C(=O)CCC2=O)C(=O)NCCO[C@@H]2O[C@@H](C)[C@@H](O)[C@@H](O)[C@@H]2O)C(=O)NCCO[C@@H]2O[C@@H](C)[C@@H](O)[C@@H](O)[C@@H]2O)C(=O)NCCO[C@@H]2O[C@@H](C)[C@@H](O)[C@@H](O)[C@@H]2O)C(=O)NCCO[C@@H]2O[C@@H](C)[C@@H](O)[C@@H](O)[C@@H]2O)C(=O)NCCO[C@@H]2O[C@@H](C)[C@@H](O)[C@@H](O)[C@@H]2O)[C@@H](O)[C@H](O)[C@@H]1O. The normalized spacial score (nSPS) is 32.9. The number of aliphatic hydroxyl groups excluding tert-OH is 18. The van der Waals surface area contributed by atoms with Crippen LogP contribution in [0, 0.1) is 0 Å². The maximum Gasteiger partial charge on any atom is 0.333 e. The molecule has 7 fully saturated rings. The zero-order valence-corrected chi connectivity index (χ0v) is 78.0. The summed E-state index contributed by atoms with van der Waals surface area (Å²) in [7, 11) is 0. The molecule has 13 amide bonds. The largest absolute Gasteiger partial charge is 0.388 e. The van der Waals surface area contributed by atoms with E-state index in [1.807, 2.05) is 0 Å². The van der Waals surface area contributed by atoms with Gasteiger partial charge in [-0.15, -0.1) is 5.06 Å². The lowest BCUT2D eigenvalue weighted by Gasteiger charge is -2.38. The van der Waals surface area contributed by atoms with Crippen molar-refractivity contribution in [1.82, 2.24) is 63.5 Å². The smallest absolute Gasteiger partial charge is 0.333 e. The van der Waals surface area contributed by atoms with Gasteiger partial charge in [0.15, 0.2) is 37.7 Å². The summed E-state index contributed by atoms with van der Waals surface area (Å²) in [5, 5.41) is 214. The van der Waals surface area contributed by atoms with E-state index in [0.717, 1.165) is 0 Å². The van der Waals surface area contributed by atoms with Crippen molar-refractivity contribution in [2.45, 2.75) is 359 Å². The van der Waals surface area contributed by atoms with Crippen LogP contribution in [0.3, 0.4) is 0 Å². The summed E-state index contributed by atoms with van der Waals surface area (Å²) in [6, 6.07) is -8.50. The highest BCUT2D eigenvalue weighted by molar-refractivity contribution is 6.01. The lowest BCUT2D eigenvalue weighted by molar-refractivity contribution is -0.292. The van der Waals surface area contributed by atoms with Crippen molar-refractivity contribution < 1.29 is 221 Å². The second-order valence-corrected chi connectivity index (χ2v) is 34.7. The highest BCUT2D eigenvalue weighted by Crippen LogP contribution is 2.29. The minimum atomic E-state index is -1.81. The summed E-state index contributed by atoms with van der Waals surface area (Å²) in [4.78, 5) is 196. The first-order chi connectivity index (χ1) is 66.2. The van der Waals surface area contributed by atoms with Gasteiger partial charge < -0.3 is 212 Å². The first-order valence-electron chi connectivity index (χ1n) is 46.3. The minimum Gasteiger partial charge on any atom is -0.388 e. The number of unbranched alkanes of at least 4 members (excludes halogenated alkanes) is 1. The van der Waals surface area contributed by atoms with Gasteiger partial charge in [0.05, 0.1) is 76.3 Å². The molecule has 7 rings (SSSR count). The summed E-state index contributed by atoms with van der Waals surface area (Å²) in [6.45, 7) is 3.33. The number of hydrogen-bond donors (Lipinski definition) is 29. The van der Waals surface area contributed by atoms with Gasteiger partial charge in [-0.1, -0.05) is 0 Å². The van der Waals surface area contributed by atoms with Gasteiger partial charge in [-0.3, -0.25) is 62.3 Å². The van der Waals surface area contributed by atoms with E-state index in [4.69, 9.17) is 61.7 Å². The Morgan fingerprint density at radius 3 is 0.664 bits per heavy atom. The fourth-order valence-electron chi connectivity index (χ4n) is 15.1. The number of imide groups is 1. The molecule has 0 aliphatic carbocycles. The van der Waals surface area contributed by atoms with Crippen LogP contribution in [0.2, 0.25) is 0 Å². The van der Waals surface area contributed by atoms with Gasteiger partial charge in [-0.2, -0.15) is 0 Å². The Hall–Kier alpha value is -8.42. The molecule has 0 aromatic carbocycles. The fourth-order valence-corrected chi connectivity index (χ4v) is 15.1. The fraction of sp³-hybridized carbons (Fsp3) is 0.831. The number of nitrogens with zero attached hydrogens (tertiary/aromatic N) is 1. The second kappa shape index (κ2) is 58.5. The molecule has 0 bridgehead atoms. The molecule has 7 heterocycles. The van der Waals surface area contributed by atoms with Crippen molar-refractivity contribution in [3.63, 3.8) is 0 Å². The Morgan fingerprint density at radius 1 is 0.264 bits per heavy atom. The Labute approximate surface area is 801 Å². The number of aliphatic hydroxyl groups is 18. The zero-order valence-electron chi connectivity index (χ0n) is 78.0. The topological polar surface area (TPSA) is 859 Å². The second-order valence-electron chi connectivity index (χ2n) is 34.7. The van der Waals surface area contributed by atoms with Crippen LogP contribution in [0.4, 0.5) is 0 Å². The summed E-state index contributed by atoms with van der Waals surface area (Å²) < 4.78 is 65.9. The monoisotopic (exact) mass is 2020 g/mol. The molecule has 0 radical (unpaired) electrons. The van der Waals surface area contributed by atoms with Gasteiger partial charge in [-0.05, 0) is 86.5 Å². The molecule has 0 spiro atoms. The summed E-state index contributed by atoms with van der Waals surface area (Å²) in [5.41, 5.74) is 0. The van der Waals surface area contributed by atoms with E-state index in [9.17, 15) is 159 Å². The Bertz CT molecular complexity index is 3980. The summed E-state index contributed by atoms with van der Waals surface area (Å²) in [6.07, 6.45) is -52.7. The number of carbonyl (C=O) groups is 14. The van der Waals surface area contributed by atoms with Crippen molar-refractivity contribution >= 4 is 82.8 Å². The van der Waals surface area contributed by atoms with E-state index in [1.54, 1.807) is 0 Å². The van der Waals surface area contributed by atoms with E-state index in [1.165, 1.54) is 41.5 Å². The maximum absolute atomic E-state index is 14.4. The molecule has 7 aliphatic rings. The van der Waals surface area contributed by atoms with Crippen LogP contribution in [-0.2, 0) is 129 Å². The number of carbonyl (C=O) groups excluding carboxylic acids is 14. The Morgan fingerprint density at radius 2 is 0.450 bits per heavy atom. The number of rotatable bonds is 55. The third-order valence-corrected chi connectivity index (χ3v) is 23.8. The molecule has 0 aromatic rings. The van der Waals surface area contributed by atoms with Crippen molar-refractivity contribution in [3.05, 3.63) is 0 Å². The first kappa shape index (κ1) is 119. The van der Waals surface area contributed by atoms with Gasteiger partial charge in [-0.25, -0.2) is 4.79 Å². The van der Waals surface area contributed by atoms with E-state index < -0.39 is 414 Å². The lowest BCUT2D eigenvalue weighted by atomic mass is 10.0. The van der Waals surface area contributed by atoms with E-state index >= 15 is 0 Å². The van der Waals surface area contributed by atoms with Crippen molar-refractivity contribution in [2.24, 2.45) is 0 Å². The first-order valence-corrected chi connectivity index (χ1v) is 46.3. The van der Waals surface area contributed by atoms with Gasteiger partial charge in [0.1, 0.15) is 140 Å². The summed E-state index contributed by atoms with van der Waals surface area (Å²) in [5.74, 6) is -13.2. The van der Waals surface area contributed by atoms with Crippen LogP contribution in [-0.4, -0.2) is 473 Å². The molecule has 29 N–H and O–H groups in total. The Kier molecular flexibility index (Phi) is 49.5. The molecule has 0 unspecified atom stereocenters. The van der Waals surface area contributed by atoms with E-state index in [-0.39, 0.29) is 64.8 Å². The predicted molar refractivity (Wildman–Crippen MR) is 459 cm³/mol. The van der Waals surface area contributed by atoms with Crippen molar-refractivity contribution in [2.75, 3.05) is 78.9 Å². The molecular weight excluding hydrogens is 1880 g/mol. The van der Waals surface area contributed by atoms with Gasteiger partial charge >= 0.3 is 5.97 Å². The van der Waals surface area contributed by atoms with E-state index in [2.05, 4.69) is 58.5 Å². The number of ether oxygens (including phenoxy) is 12. The van der Waals surface area contributed by atoms with Crippen LogP contribution < -0.4 is 58.5 Å². The van der Waals surface area contributed by atoms with Gasteiger partial charge in [0, 0.05) is 97.1 Å². The highest BCUT2D eigenvalue weighted by Gasteiger charge is 2.49. The van der Waals surface area contributed by atoms with Gasteiger partial charge in [0.25, 0.3) is 11.8 Å². The highest BCUT2D eigenvalue weighted by atomic mass is 16.7. The molecule has 800 valence electrons. The molecule has 7 saturated heterocycles. The molecule has 0 aromatic heterocycles. The third kappa shape index (κ3) is 36.4. The number of nitrogens with one attached hydrogen (secondary N) is 11. The Balaban J connectivity index is 1.08. The van der Waals surface area contributed by atoms with Crippen molar-refractivity contribution in [1.29, 1.82) is 0 Å².